The number of rotatable bonds is 4. The lowest BCUT2D eigenvalue weighted by atomic mass is 9.83. The highest BCUT2D eigenvalue weighted by Gasteiger charge is 2.25. The zero-order valence-corrected chi connectivity index (χ0v) is 12.2. The molecule has 1 aromatic carbocycles. The van der Waals surface area contributed by atoms with Crippen LogP contribution in [0.5, 0.6) is 0 Å². The van der Waals surface area contributed by atoms with Crippen molar-refractivity contribution in [3.8, 4) is 0 Å². The molecule has 1 saturated carbocycles. The maximum absolute atomic E-state index is 12.2. The van der Waals surface area contributed by atoms with Crippen molar-refractivity contribution in [1.82, 2.24) is 5.32 Å². The van der Waals surface area contributed by atoms with Crippen molar-refractivity contribution in [3.63, 3.8) is 0 Å². The van der Waals surface area contributed by atoms with E-state index in [9.17, 15) is 4.79 Å². The van der Waals surface area contributed by atoms with Gasteiger partial charge < -0.3 is 5.32 Å². The molecule has 0 aliphatic heterocycles. The largest absolute Gasteiger partial charge is 0.349 e. The lowest BCUT2D eigenvalue weighted by Gasteiger charge is -2.31. The van der Waals surface area contributed by atoms with Gasteiger partial charge in [-0.1, -0.05) is 38.3 Å². The van der Waals surface area contributed by atoms with Crippen LogP contribution in [0.25, 0.3) is 0 Å². The predicted octanol–water partition coefficient (Wildman–Crippen LogP) is 4.12. The molecule has 2 rings (SSSR count). The Morgan fingerprint density at radius 2 is 1.95 bits per heavy atom. The van der Waals surface area contributed by atoms with Gasteiger partial charge in [0.05, 0.1) is 0 Å². The molecule has 1 fully saturated rings. The molecule has 1 aromatic rings. The Hall–Kier alpha value is -1.02. The summed E-state index contributed by atoms with van der Waals surface area (Å²) in [6, 6.07) is 7.90. The molecule has 0 saturated heterocycles. The summed E-state index contributed by atoms with van der Waals surface area (Å²) in [6.45, 7) is 2.21. The summed E-state index contributed by atoms with van der Waals surface area (Å²) < 4.78 is 0. The fourth-order valence-corrected chi connectivity index (χ4v) is 3.06. The van der Waals surface area contributed by atoms with Crippen LogP contribution in [-0.2, 0) is 5.88 Å². The van der Waals surface area contributed by atoms with Crippen LogP contribution in [-0.4, -0.2) is 11.9 Å². The summed E-state index contributed by atoms with van der Waals surface area (Å²) in [6.07, 6.45) is 6.04. The Morgan fingerprint density at radius 1 is 1.26 bits per heavy atom. The average Bonchev–Trinajstić information content (AvgIpc) is 2.48. The lowest BCUT2D eigenvalue weighted by Crippen LogP contribution is -2.41. The Bertz CT molecular complexity index is 415. The molecule has 0 spiro atoms. The van der Waals surface area contributed by atoms with Crippen LogP contribution < -0.4 is 5.32 Å². The van der Waals surface area contributed by atoms with Gasteiger partial charge in [0.25, 0.3) is 5.91 Å². The molecule has 0 bridgehead atoms. The molecule has 2 unspecified atom stereocenters. The summed E-state index contributed by atoms with van der Waals surface area (Å²) in [4.78, 5) is 12.2. The van der Waals surface area contributed by atoms with E-state index in [1.165, 1.54) is 19.3 Å². The Labute approximate surface area is 120 Å². The van der Waals surface area contributed by atoms with Gasteiger partial charge in [-0.3, -0.25) is 4.79 Å². The maximum Gasteiger partial charge on any atom is 0.251 e. The third kappa shape index (κ3) is 3.73. The Morgan fingerprint density at radius 3 is 2.58 bits per heavy atom. The zero-order valence-electron chi connectivity index (χ0n) is 11.5. The van der Waals surface area contributed by atoms with Crippen molar-refractivity contribution in [3.05, 3.63) is 35.4 Å². The number of hydrogen-bond acceptors (Lipinski definition) is 1. The number of carbonyl (C=O) groups is 1. The number of hydrogen-bond donors (Lipinski definition) is 1. The molecule has 1 aliphatic carbocycles. The van der Waals surface area contributed by atoms with Gasteiger partial charge in [-0.25, -0.2) is 0 Å². The first-order valence-electron chi connectivity index (χ1n) is 7.20. The average molecular weight is 280 g/mol. The minimum atomic E-state index is 0.0477. The van der Waals surface area contributed by atoms with Gasteiger partial charge in [0.1, 0.15) is 0 Å². The highest BCUT2D eigenvalue weighted by atomic mass is 35.5. The summed E-state index contributed by atoms with van der Waals surface area (Å²) in [7, 11) is 0. The van der Waals surface area contributed by atoms with Gasteiger partial charge in [0.2, 0.25) is 0 Å². The molecule has 19 heavy (non-hydrogen) atoms. The Balaban J connectivity index is 1.98. The first-order valence-corrected chi connectivity index (χ1v) is 7.73. The Kier molecular flexibility index (Phi) is 5.26. The number of amides is 1. The minimum Gasteiger partial charge on any atom is -0.349 e. The van der Waals surface area contributed by atoms with Crippen LogP contribution in [0.2, 0.25) is 0 Å². The molecule has 3 heteroatoms. The van der Waals surface area contributed by atoms with Crippen LogP contribution >= 0.6 is 11.6 Å². The van der Waals surface area contributed by atoms with E-state index in [-0.39, 0.29) is 5.91 Å². The molecule has 0 radical (unpaired) electrons. The van der Waals surface area contributed by atoms with E-state index < -0.39 is 0 Å². The second kappa shape index (κ2) is 6.95. The van der Waals surface area contributed by atoms with Crippen molar-refractivity contribution in [1.29, 1.82) is 0 Å². The predicted molar refractivity (Wildman–Crippen MR) is 79.5 cm³/mol. The standard InChI is InChI=1S/C16H22ClNO/c1-2-13-5-3-4-6-15(13)18-16(19)14-9-7-12(11-17)8-10-14/h7-10,13,15H,2-6,11H2,1H3,(H,18,19). The van der Waals surface area contributed by atoms with Crippen molar-refractivity contribution in [2.24, 2.45) is 5.92 Å². The fraction of sp³-hybridized carbons (Fsp3) is 0.562. The topological polar surface area (TPSA) is 29.1 Å². The second-order valence-electron chi connectivity index (χ2n) is 5.36. The first-order chi connectivity index (χ1) is 9.24. The minimum absolute atomic E-state index is 0.0477. The fourth-order valence-electron chi connectivity index (χ4n) is 2.88. The molecule has 1 aliphatic rings. The molecule has 0 aromatic heterocycles. The smallest absolute Gasteiger partial charge is 0.251 e. The van der Waals surface area contributed by atoms with Gasteiger partial charge >= 0.3 is 0 Å². The maximum atomic E-state index is 12.2. The van der Waals surface area contributed by atoms with E-state index in [2.05, 4.69) is 12.2 Å². The van der Waals surface area contributed by atoms with E-state index in [1.807, 2.05) is 24.3 Å². The number of alkyl halides is 1. The van der Waals surface area contributed by atoms with Gasteiger partial charge in [-0.15, -0.1) is 11.6 Å². The van der Waals surface area contributed by atoms with E-state index in [1.54, 1.807) is 0 Å². The summed E-state index contributed by atoms with van der Waals surface area (Å²) in [5.74, 6) is 1.17. The summed E-state index contributed by atoms with van der Waals surface area (Å²) in [5.41, 5.74) is 1.77. The molecular formula is C16H22ClNO. The number of halogens is 1. The molecule has 0 heterocycles. The lowest BCUT2D eigenvalue weighted by molar-refractivity contribution is 0.0904. The van der Waals surface area contributed by atoms with Crippen LogP contribution in [0.3, 0.4) is 0 Å². The van der Waals surface area contributed by atoms with Gasteiger partial charge in [0, 0.05) is 17.5 Å². The van der Waals surface area contributed by atoms with Crippen LogP contribution in [0, 0.1) is 5.92 Å². The van der Waals surface area contributed by atoms with Crippen LogP contribution in [0.15, 0.2) is 24.3 Å². The number of nitrogens with one attached hydrogen (secondary N) is 1. The zero-order chi connectivity index (χ0) is 13.7. The van der Waals surface area contributed by atoms with Crippen molar-refractivity contribution < 1.29 is 4.79 Å². The molecule has 2 nitrogen and oxygen atoms in total. The SMILES string of the molecule is CCC1CCCCC1NC(=O)c1ccc(CCl)cc1. The highest BCUT2D eigenvalue weighted by Crippen LogP contribution is 2.27. The quantitative estimate of drug-likeness (QED) is 0.825. The van der Waals surface area contributed by atoms with Gasteiger partial charge in [-0.05, 0) is 36.5 Å². The monoisotopic (exact) mass is 279 g/mol. The van der Waals surface area contributed by atoms with Crippen molar-refractivity contribution in [2.75, 3.05) is 0 Å². The van der Waals surface area contributed by atoms with Crippen molar-refractivity contribution >= 4 is 17.5 Å². The summed E-state index contributed by atoms with van der Waals surface area (Å²) in [5, 5.41) is 3.20. The molecule has 1 amide bonds. The van der Waals surface area contributed by atoms with E-state index in [0.29, 0.717) is 17.8 Å². The van der Waals surface area contributed by atoms with E-state index in [4.69, 9.17) is 11.6 Å². The second-order valence-corrected chi connectivity index (χ2v) is 5.63. The number of carbonyl (C=O) groups excluding carboxylic acids is 1. The van der Waals surface area contributed by atoms with E-state index >= 15 is 0 Å². The molecular weight excluding hydrogens is 258 g/mol. The molecule has 1 N–H and O–H groups in total. The summed E-state index contributed by atoms with van der Waals surface area (Å²) >= 11 is 5.75. The van der Waals surface area contributed by atoms with E-state index in [0.717, 1.165) is 24.0 Å². The third-order valence-corrected chi connectivity index (χ3v) is 4.43. The van der Waals surface area contributed by atoms with Gasteiger partial charge in [-0.2, -0.15) is 0 Å². The molecule has 2 atom stereocenters. The molecule has 104 valence electrons. The number of benzene rings is 1. The normalized spacial score (nSPS) is 23.1. The third-order valence-electron chi connectivity index (χ3n) is 4.12. The van der Waals surface area contributed by atoms with Gasteiger partial charge in [0.15, 0.2) is 0 Å². The highest BCUT2D eigenvalue weighted by molar-refractivity contribution is 6.17. The van der Waals surface area contributed by atoms with Crippen molar-refractivity contribution in [2.45, 2.75) is 50.9 Å². The van der Waals surface area contributed by atoms with Crippen LogP contribution in [0.4, 0.5) is 0 Å². The van der Waals surface area contributed by atoms with Crippen LogP contribution in [0.1, 0.15) is 54.9 Å². The first kappa shape index (κ1) is 14.4.